The Bertz CT molecular complexity index is 538. The molecule has 0 atom stereocenters. The van der Waals surface area contributed by atoms with Crippen LogP contribution < -0.4 is 4.90 Å². The summed E-state index contributed by atoms with van der Waals surface area (Å²) in [6.45, 7) is 3.92. The Morgan fingerprint density at radius 3 is 3.12 bits per heavy atom. The number of nitrogens with zero attached hydrogens (tertiary/aromatic N) is 4. The van der Waals surface area contributed by atoms with E-state index in [0.717, 1.165) is 25.3 Å². The Morgan fingerprint density at radius 2 is 2.24 bits per heavy atom. The summed E-state index contributed by atoms with van der Waals surface area (Å²) in [5.41, 5.74) is 3.62. The van der Waals surface area contributed by atoms with E-state index in [-0.39, 0.29) is 0 Å². The van der Waals surface area contributed by atoms with Crippen molar-refractivity contribution in [1.82, 2.24) is 15.0 Å². The van der Waals surface area contributed by atoms with Gasteiger partial charge in [-0.25, -0.2) is 15.0 Å². The molecule has 4 nitrogen and oxygen atoms in total. The van der Waals surface area contributed by atoms with Crippen LogP contribution in [-0.2, 0) is 13.0 Å². The zero-order valence-corrected chi connectivity index (χ0v) is 9.80. The molecule has 3 heterocycles. The summed E-state index contributed by atoms with van der Waals surface area (Å²) in [6.07, 6.45) is 6.36. The Kier molecular flexibility index (Phi) is 2.48. The summed E-state index contributed by atoms with van der Waals surface area (Å²) < 4.78 is 0. The van der Waals surface area contributed by atoms with Crippen LogP contribution in [0.1, 0.15) is 16.8 Å². The predicted octanol–water partition coefficient (Wildman–Crippen LogP) is 1.74. The summed E-state index contributed by atoms with van der Waals surface area (Å²) in [7, 11) is 0. The van der Waals surface area contributed by atoms with E-state index in [4.69, 9.17) is 0 Å². The van der Waals surface area contributed by atoms with Gasteiger partial charge in [-0.3, -0.25) is 0 Å². The molecule has 2 aromatic rings. The fourth-order valence-electron chi connectivity index (χ4n) is 2.16. The van der Waals surface area contributed by atoms with Crippen molar-refractivity contribution >= 4 is 5.82 Å². The van der Waals surface area contributed by atoms with Gasteiger partial charge in [-0.05, 0) is 24.6 Å². The minimum Gasteiger partial charge on any atom is -0.352 e. The van der Waals surface area contributed by atoms with E-state index >= 15 is 0 Å². The molecule has 0 saturated carbocycles. The maximum atomic E-state index is 4.42. The van der Waals surface area contributed by atoms with Crippen molar-refractivity contribution in [3.63, 3.8) is 0 Å². The molecule has 0 amide bonds. The molecule has 2 aromatic heterocycles. The lowest BCUT2D eigenvalue weighted by Crippen LogP contribution is -2.31. The summed E-state index contributed by atoms with van der Waals surface area (Å²) in [5.74, 6) is 1.04. The van der Waals surface area contributed by atoms with E-state index in [0.29, 0.717) is 0 Å². The average Bonchev–Trinajstić information content (AvgIpc) is 2.38. The molecular formula is C13H14N4. The number of aromatic nitrogens is 3. The Labute approximate surface area is 100 Å². The zero-order chi connectivity index (χ0) is 11.7. The van der Waals surface area contributed by atoms with Gasteiger partial charge < -0.3 is 4.90 Å². The summed E-state index contributed by atoms with van der Waals surface area (Å²) in [4.78, 5) is 15.1. The highest BCUT2D eigenvalue weighted by Gasteiger charge is 2.18. The number of hydrogen-bond donors (Lipinski definition) is 0. The van der Waals surface area contributed by atoms with Crippen LogP contribution in [0.5, 0.6) is 0 Å². The van der Waals surface area contributed by atoms with Crippen molar-refractivity contribution in [1.29, 1.82) is 0 Å². The van der Waals surface area contributed by atoms with Gasteiger partial charge in [-0.1, -0.05) is 0 Å². The highest BCUT2D eigenvalue weighted by molar-refractivity contribution is 5.43. The summed E-state index contributed by atoms with van der Waals surface area (Å²) in [6, 6.07) is 4.14. The van der Waals surface area contributed by atoms with Crippen LogP contribution in [0.2, 0.25) is 0 Å². The SMILES string of the molecule is Cc1ccnc(N2CCc3ncncc3C2)c1. The van der Waals surface area contributed by atoms with Gasteiger partial charge in [0.15, 0.2) is 0 Å². The van der Waals surface area contributed by atoms with Crippen LogP contribution in [-0.4, -0.2) is 21.5 Å². The molecule has 0 N–H and O–H groups in total. The van der Waals surface area contributed by atoms with Crippen molar-refractivity contribution < 1.29 is 0 Å². The molecule has 0 unspecified atom stereocenters. The first-order chi connectivity index (χ1) is 8.33. The third kappa shape index (κ3) is 1.98. The van der Waals surface area contributed by atoms with E-state index < -0.39 is 0 Å². The first kappa shape index (κ1) is 10.2. The third-order valence-corrected chi connectivity index (χ3v) is 3.09. The topological polar surface area (TPSA) is 41.9 Å². The molecule has 0 aromatic carbocycles. The molecule has 4 heteroatoms. The van der Waals surface area contributed by atoms with Crippen LogP contribution in [0.4, 0.5) is 5.82 Å². The maximum Gasteiger partial charge on any atom is 0.129 e. The Morgan fingerprint density at radius 1 is 1.29 bits per heavy atom. The van der Waals surface area contributed by atoms with Gasteiger partial charge in [-0.2, -0.15) is 0 Å². The van der Waals surface area contributed by atoms with Crippen LogP contribution in [0.25, 0.3) is 0 Å². The van der Waals surface area contributed by atoms with Gasteiger partial charge in [0, 0.05) is 37.5 Å². The predicted molar refractivity (Wildman–Crippen MR) is 65.8 cm³/mol. The smallest absolute Gasteiger partial charge is 0.129 e. The molecule has 1 aliphatic heterocycles. The molecular weight excluding hydrogens is 212 g/mol. The molecule has 1 aliphatic rings. The van der Waals surface area contributed by atoms with Gasteiger partial charge in [-0.15, -0.1) is 0 Å². The van der Waals surface area contributed by atoms with Gasteiger partial charge in [0.25, 0.3) is 0 Å². The second-order valence-electron chi connectivity index (χ2n) is 4.36. The minimum atomic E-state index is 0.854. The molecule has 0 fully saturated rings. The lowest BCUT2D eigenvalue weighted by Gasteiger charge is -2.28. The normalized spacial score (nSPS) is 14.5. The van der Waals surface area contributed by atoms with E-state index in [1.165, 1.54) is 16.8 Å². The third-order valence-electron chi connectivity index (χ3n) is 3.09. The van der Waals surface area contributed by atoms with Crippen molar-refractivity contribution in [2.75, 3.05) is 11.4 Å². The lowest BCUT2D eigenvalue weighted by molar-refractivity contribution is 0.696. The molecule has 0 radical (unpaired) electrons. The number of anilines is 1. The van der Waals surface area contributed by atoms with Crippen molar-refractivity contribution in [3.05, 3.63) is 47.7 Å². The van der Waals surface area contributed by atoms with E-state index in [2.05, 4.69) is 32.8 Å². The first-order valence-corrected chi connectivity index (χ1v) is 5.78. The largest absolute Gasteiger partial charge is 0.352 e. The van der Waals surface area contributed by atoms with Crippen LogP contribution >= 0.6 is 0 Å². The molecule has 0 bridgehead atoms. The van der Waals surface area contributed by atoms with Crippen molar-refractivity contribution in [3.8, 4) is 0 Å². The molecule has 86 valence electrons. The van der Waals surface area contributed by atoms with Gasteiger partial charge >= 0.3 is 0 Å². The quantitative estimate of drug-likeness (QED) is 0.742. The standard InChI is InChI=1S/C13H14N4/c1-10-2-4-15-13(6-10)17-5-3-12-11(8-17)7-14-9-16-12/h2,4,6-7,9H,3,5,8H2,1H3. The van der Waals surface area contributed by atoms with Crippen LogP contribution in [0.3, 0.4) is 0 Å². The second-order valence-corrected chi connectivity index (χ2v) is 4.36. The first-order valence-electron chi connectivity index (χ1n) is 5.78. The fourth-order valence-corrected chi connectivity index (χ4v) is 2.16. The van der Waals surface area contributed by atoms with Crippen molar-refractivity contribution in [2.24, 2.45) is 0 Å². The van der Waals surface area contributed by atoms with Gasteiger partial charge in [0.2, 0.25) is 0 Å². The Balaban J connectivity index is 1.89. The average molecular weight is 226 g/mol. The molecule has 0 saturated heterocycles. The molecule has 17 heavy (non-hydrogen) atoms. The lowest BCUT2D eigenvalue weighted by atomic mass is 10.1. The van der Waals surface area contributed by atoms with Gasteiger partial charge in [0.1, 0.15) is 12.1 Å². The number of fused-ring (bicyclic) bond motifs is 1. The van der Waals surface area contributed by atoms with Crippen LogP contribution in [0.15, 0.2) is 30.9 Å². The van der Waals surface area contributed by atoms with Gasteiger partial charge in [0.05, 0.1) is 5.69 Å². The molecule has 0 spiro atoms. The number of hydrogen-bond acceptors (Lipinski definition) is 4. The minimum absolute atomic E-state index is 0.854. The summed E-state index contributed by atoms with van der Waals surface area (Å²) >= 11 is 0. The van der Waals surface area contributed by atoms with Crippen LogP contribution in [0, 0.1) is 6.92 Å². The highest BCUT2D eigenvalue weighted by atomic mass is 15.2. The maximum absolute atomic E-state index is 4.42. The van der Waals surface area contributed by atoms with Crippen molar-refractivity contribution in [2.45, 2.75) is 19.9 Å². The zero-order valence-electron chi connectivity index (χ0n) is 9.80. The van der Waals surface area contributed by atoms with E-state index in [1.807, 2.05) is 18.5 Å². The number of rotatable bonds is 1. The molecule has 3 rings (SSSR count). The second kappa shape index (κ2) is 4.13. The highest BCUT2D eigenvalue weighted by Crippen LogP contribution is 2.21. The Hall–Kier alpha value is -1.97. The van der Waals surface area contributed by atoms with E-state index in [9.17, 15) is 0 Å². The number of aryl methyl sites for hydroxylation is 1. The fraction of sp³-hybridized carbons (Fsp3) is 0.308. The molecule has 0 aliphatic carbocycles. The number of pyridine rings is 1. The monoisotopic (exact) mass is 226 g/mol. The summed E-state index contributed by atoms with van der Waals surface area (Å²) in [5, 5.41) is 0. The van der Waals surface area contributed by atoms with E-state index in [1.54, 1.807) is 6.33 Å².